The Morgan fingerprint density at radius 2 is 1.90 bits per heavy atom. The smallest absolute Gasteiger partial charge is 0.269 e. The normalized spacial score (nSPS) is 14.6. The van der Waals surface area contributed by atoms with Crippen molar-refractivity contribution in [3.63, 3.8) is 0 Å². The molecule has 0 radical (unpaired) electrons. The van der Waals surface area contributed by atoms with Crippen LogP contribution in [0.25, 0.3) is 0 Å². The fourth-order valence-corrected chi connectivity index (χ4v) is 2.72. The van der Waals surface area contributed by atoms with Crippen LogP contribution in [0.15, 0.2) is 41.3 Å². The number of nitrogens with zero attached hydrogens (tertiary/aromatic N) is 3. The summed E-state index contributed by atoms with van der Waals surface area (Å²) in [4.78, 5) is 14.4. The lowest BCUT2D eigenvalue weighted by molar-refractivity contribution is 0.637. The molecule has 2 N–H and O–H groups in total. The Bertz CT molecular complexity index is 674. The molecule has 0 bridgehead atoms. The first-order valence-corrected chi connectivity index (χ1v) is 7.36. The number of hydrogen-bond donors (Lipinski definition) is 1. The van der Waals surface area contributed by atoms with Crippen LogP contribution in [0.3, 0.4) is 0 Å². The zero-order valence-electron chi connectivity index (χ0n) is 12.0. The maximum Gasteiger partial charge on any atom is 0.269 e. The molecule has 5 heteroatoms. The first-order chi connectivity index (χ1) is 10.3. The standard InChI is InChI=1S/C16H20N4O/c17-10-13-4-3-5-14(8-13)12-20-16(21)9-15(11-18-20)19-6-1-2-7-19/h3-5,8-9,11H,1-2,6-7,10,12,17H2. The van der Waals surface area contributed by atoms with Gasteiger partial charge < -0.3 is 10.6 Å². The molecule has 3 rings (SSSR count). The van der Waals surface area contributed by atoms with E-state index in [1.54, 1.807) is 12.3 Å². The molecule has 1 saturated heterocycles. The van der Waals surface area contributed by atoms with Crippen LogP contribution in [0.5, 0.6) is 0 Å². The molecule has 1 aromatic carbocycles. The van der Waals surface area contributed by atoms with Gasteiger partial charge in [-0.2, -0.15) is 5.10 Å². The second-order valence-electron chi connectivity index (χ2n) is 5.43. The summed E-state index contributed by atoms with van der Waals surface area (Å²) in [7, 11) is 0. The molecule has 0 aliphatic carbocycles. The van der Waals surface area contributed by atoms with E-state index in [2.05, 4.69) is 10.00 Å². The quantitative estimate of drug-likeness (QED) is 0.920. The van der Waals surface area contributed by atoms with Crippen LogP contribution in [0.2, 0.25) is 0 Å². The third-order valence-electron chi connectivity index (χ3n) is 3.89. The van der Waals surface area contributed by atoms with Crippen LogP contribution >= 0.6 is 0 Å². The van der Waals surface area contributed by atoms with Gasteiger partial charge in [0.15, 0.2) is 0 Å². The number of benzene rings is 1. The Balaban J connectivity index is 1.80. The fraction of sp³-hybridized carbons (Fsp3) is 0.375. The van der Waals surface area contributed by atoms with E-state index >= 15 is 0 Å². The van der Waals surface area contributed by atoms with Crippen molar-refractivity contribution in [1.82, 2.24) is 9.78 Å². The first kappa shape index (κ1) is 13.8. The largest absolute Gasteiger partial charge is 0.370 e. The van der Waals surface area contributed by atoms with Crippen molar-refractivity contribution in [3.8, 4) is 0 Å². The number of anilines is 1. The lowest BCUT2D eigenvalue weighted by atomic mass is 10.1. The number of rotatable bonds is 4. The van der Waals surface area contributed by atoms with Crippen LogP contribution < -0.4 is 16.2 Å². The molecule has 1 aliphatic rings. The zero-order chi connectivity index (χ0) is 14.7. The second kappa shape index (κ2) is 6.10. The summed E-state index contributed by atoms with van der Waals surface area (Å²) in [6, 6.07) is 9.63. The average molecular weight is 284 g/mol. The van der Waals surface area contributed by atoms with Gasteiger partial charge in [-0.25, -0.2) is 4.68 Å². The van der Waals surface area contributed by atoms with Gasteiger partial charge in [0.2, 0.25) is 0 Å². The summed E-state index contributed by atoms with van der Waals surface area (Å²) in [5.74, 6) is 0. The lowest BCUT2D eigenvalue weighted by Gasteiger charge is -2.17. The highest BCUT2D eigenvalue weighted by Crippen LogP contribution is 2.17. The molecule has 1 fully saturated rings. The van der Waals surface area contributed by atoms with E-state index in [1.807, 2.05) is 24.3 Å². The molecule has 1 aromatic heterocycles. The van der Waals surface area contributed by atoms with E-state index in [0.29, 0.717) is 13.1 Å². The molecule has 0 unspecified atom stereocenters. The van der Waals surface area contributed by atoms with E-state index in [9.17, 15) is 4.79 Å². The Morgan fingerprint density at radius 3 is 2.62 bits per heavy atom. The van der Waals surface area contributed by atoms with Crippen molar-refractivity contribution in [2.45, 2.75) is 25.9 Å². The number of aromatic nitrogens is 2. The van der Waals surface area contributed by atoms with Gasteiger partial charge in [-0.1, -0.05) is 24.3 Å². The maximum atomic E-state index is 12.2. The molecular formula is C16H20N4O. The van der Waals surface area contributed by atoms with Crippen LogP contribution in [0, 0.1) is 0 Å². The minimum absolute atomic E-state index is 0.0578. The molecule has 110 valence electrons. The van der Waals surface area contributed by atoms with Gasteiger partial charge in [-0.05, 0) is 24.0 Å². The van der Waals surface area contributed by atoms with Crippen molar-refractivity contribution in [2.75, 3.05) is 18.0 Å². The van der Waals surface area contributed by atoms with E-state index in [-0.39, 0.29) is 5.56 Å². The summed E-state index contributed by atoms with van der Waals surface area (Å²) < 4.78 is 1.50. The Kier molecular flexibility index (Phi) is 4.01. The van der Waals surface area contributed by atoms with Gasteiger partial charge in [0, 0.05) is 25.7 Å². The summed E-state index contributed by atoms with van der Waals surface area (Å²) >= 11 is 0. The summed E-state index contributed by atoms with van der Waals surface area (Å²) in [6.45, 7) is 3.02. The zero-order valence-corrected chi connectivity index (χ0v) is 12.0. The number of nitrogens with two attached hydrogens (primary N) is 1. The van der Waals surface area contributed by atoms with E-state index in [4.69, 9.17) is 5.73 Å². The molecule has 5 nitrogen and oxygen atoms in total. The minimum atomic E-state index is -0.0578. The Morgan fingerprint density at radius 1 is 1.14 bits per heavy atom. The van der Waals surface area contributed by atoms with E-state index < -0.39 is 0 Å². The third kappa shape index (κ3) is 3.13. The topological polar surface area (TPSA) is 64.2 Å². The minimum Gasteiger partial charge on any atom is -0.370 e. The molecule has 1 aliphatic heterocycles. The van der Waals surface area contributed by atoms with Crippen molar-refractivity contribution in [2.24, 2.45) is 5.73 Å². The summed E-state index contributed by atoms with van der Waals surface area (Å²) in [5, 5.41) is 4.30. The SMILES string of the molecule is NCc1cccc(Cn2ncc(N3CCCC3)cc2=O)c1. The first-order valence-electron chi connectivity index (χ1n) is 7.36. The molecule has 0 amide bonds. The van der Waals surface area contributed by atoms with Gasteiger partial charge in [0.05, 0.1) is 18.4 Å². The highest BCUT2D eigenvalue weighted by molar-refractivity contribution is 5.43. The van der Waals surface area contributed by atoms with Crippen LogP contribution in [0.1, 0.15) is 24.0 Å². The molecule has 21 heavy (non-hydrogen) atoms. The lowest BCUT2D eigenvalue weighted by Crippen LogP contribution is -2.26. The molecular weight excluding hydrogens is 264 g/mol. The predicted octanol–water partition coefficient (Wildman–Crippen LogP) is 1.35. The predicted molar refractivity (Wildman–Crippen MR) is 83.4 cm³/mol. The van der Waals surface area contributed by atoms with Crippen molar-refractivity contribution in [3.05, 3.63) is 58.0 Å². The van der Waals surface area contributed by atoms with Gasteiger partial charge in [0.1, 0.15) is 0 Å². The summed E-state index contributed by atoms with van der Waals surface area (Å²) in [6.07, 6.45) is 4.17. The second-order valence-corrected chi connectivity index (χ2v) is 5.43. The molecule has 2 heterocycles. The third-order valence-corrected chi connectivity index (χ3v) is 3.89. The van der Waals surface area contributed by atoms with Gasteiger partial charge >= 0.3 is 0 Å². The average Bonchev–Trinajstić information content (AvgIpc) is 3.04. The van der Waals surface area contributed by atoms with Crippen LogP contribution in [-0.2, 0) is 13.1 Å². The van der Waals surface area contributed by atoms with Gasteiger partial charge in [-0.3, -0.25) is 4.79 Å². The monoisotopic (exact) mass is 284 g/mol. The fourth-order valence-electron chi connectivity index (χ4n) is 2.72. The molecule has 0 spiro atoms. The van der Waals surface area contributed by atoms with E-state index in [1.165, 1.54) is 17.5 Å². The van der Waals surface area contributed by atoms with Gasteiger partial charge in [0.25, 0.3) is 5.56 Å². The Labute approximate surface area is 124 Å². The maximum absolute atomic E-state index is 12.2. The highest BCUT2D eigenvalue weighted by Gasteiger charge is 2.13. The van der Waals surface area contributed by atoms with Gasteiger partial charge in [-0.15, -0.1) is 0 Å². The number of hydrogen-bond acceptors (Lipinski definition) is 4. The van der Waals surface area contributed by atoms with E-state index in [0.717, 1.165) is 29.9 Å². The van der Waals surface area contributed by atoms with Crippen LogP contribution in [-0.4, -0.2) is 22.9 Å². The highest BCUT2D eigenvalue weighted by atomic mass is 16.1. The summed E-state index contributed by atoms with van der Waals surface area (Å²) in [5.41, 5.74) is 8.63. The molecule has 0 saturated carbocycles. The van der Waals surface area contributed by atoms with Crippen molar-refractivity contribution in [1.29, 1.82) is 0 Å². The van der Waals surface area contributed by atoms with Crippen molar-refractivity contribution < 1.29 is 0 Å². The Hall–Kier alpha value is -2.14. The molecule has 0 atom stereocenters. The molecule has 2 aromatic rings. The van der Waals surface area contributed by atoms with Crippen molar-refractivity contribution >= 4 is 5.69 Å². The van der Waals surface area contributed by atoms with Crippen LogP contribution in [0.4, 0.5) is 5.69 Å².